The topological polar surface area (TPSA) is 69.2 Å². The number of fused-ring (bicyclic) bond motifs is 2. The van der Waals surface area contributed by atoms with Gasteiger partial charge in [-0.2, -0.15) is 5.10 Å². The number of aromatic amines is 1. The molecule has 0 radical (unpaired) electrons. The minimum absolute atomic E-state index is 0.0584. The molecule has 20 heavy (non-hydrogen) atoms. The van der Waals surface area contributed by atoms with Crippen LogP contribution in [0.2, 0.25) is 0 Å². The van der Waals surface area contributed by atoms with E-state index in [-0.39, 0.29) is 17.9 Å². The summed E-state index contributed by atoms with van der Waals surface area (Å²) in [5, 5.41) is 17.8. The predicted octanol–water partition coefficient (Wildman–Crippen LogP) is 1.41. The molecule has 2 heterocycles. The van der Waals surface area contributed by atoms with Gasteiger partial charge in [-0.3, -0.25) is 9.89 Å². The Hall–Kier alpha value is -1.88. The molecule has 0 bridgehead atoms. The van der Waals surface area contributed by atoms with Gasteiger partial charge in [-0.05, 0) is 30.9 Å². The van der Waals surface area contributed by atoms with Gasteiger partial charge in [0.2, 0.25) is 0 Å². The Morgan fingerprint density at radius 2 is 2.25 bits per heavy atom. The summed E-state index contributed by atoms with van der Waals surface area (Å²) in [6.07, 6.45) is 3.44. The second-order valence-electron chi connectivity index (χ2n) is 5.95. The first-order valence-electron chi connectivity index (χ1n) is 7.13. The van der Waals surface area contributed by atoms with E-state index in [0.29, 0.717) is 18.0 Å². The molecule has 2 fully saturated rings. The Morgan fingerprint density at radius 1 is 1.35 bits per heavy atom. The monoisotopic (exact) mass is 271 g/mol. The first-order chi connectivity index (χ1) is 9.72. The fraction of sp³-hybridized carbons (Fsp3) is 0.467. The van der Waals surface area contributed by atoms with E-state index >= 15 is 0 Å². The van der Waals surface area contributed by atoms with Gasteiger partial charge in [0.25, 0.3) is 5.91 Å². The van der Waals surface area contributed by atoms with Gasteiger partial charge in [-0.25, -0.2) is 0 Å². The number of carbonyl (C=O) groups is 1. The number of benzene rings is 1. The van der Waals surface area contributed by atoms with Crippen molar-refractivity contribution in [3.8, 4) is 0 Å². The number of hydrogen-bond donors (Lipinski definition) is 2. The van der Waals surface area contributed by atoms with Crippen molar-refractivity contribution in [2.75, 3.05) is 13.1 Å². The third kappa shape index (κ3) is 1.73. The minimum atomic E-state index is -0.229. The lowest BCUT2D eigenvalue weighted by Gasteiger charge is -2.18. The molecule has 2 aromatic rings. The molecule has 5 nitrogen and oxygen atoms in total. The summed E-state index contributed by atoms with van der Waals surface area (Å²) in [6, 6.07) is 5.62. The zero-order valence-corrected chi connectivity index (χ0v) is 11.1. The Kier molecular flexibility index (Phi) is 2.57. The molecule has 2 aliphatic rings. The molecular formula is C15H17N3O2. The van der Waals surface area contributed by atoms with Crippen LogP contribution in [0.3, 0.4) is 0 Å². The number of aromatic nitrogens is 2. The van der Waals surface area contributed by atoms with E-state index in [9.17, 15) is 9.90 Å². The molecular weight excluding hydrogens is 254 g/mol. The van der Waals surface area contributed by atoms with Gasteiger partial charge >= 0.3 is 0 Å². The van der Waals surface area contributed by atoms with Gasteiger partial charge in [-0.15, -0.1) is 0 Å². The number of likely N-dealkylation sites (tertiary alicyclic amines) is 1. The lowest BCUT2D eigenvalue weighted by atomic mass is 10.00. The van der Waals surface area contributed by atoms with E-state index < -0.39 is 0 Å². The second kappa shape index (κ2) is 4.31. The lowest BCUT2D eigenvalue weighted by molar-refractivity contribution is 0.0752. The largest absolute Gasteiger partial charge is 0.393 e. The second-order valence-corrected chi connectivity index (χ2v) is 5.95. The maximum absolute atomic E-state index is 12.6. The predicted molar refractivity (Wildman–Crippen MR) is 74.2 cm³/mol. The van der Waals surface area contributed by atoms with Crippen LogP contribution in [0.15, 0.2) is 24.4 Å². The Bertz CT molecular complexity index is 666. The molecule has 1 aromatic carbocycles. The maximum Gasteiger partial charge on any atom is 0.253 e. The highest BCUT2D eigenvalue weighted by Crippen LogP contribution is 2.38. The zero-order chi connectivity index (χ0) is 13.7. The van der Waals surface area contributed by atoms with Crippen molar-refractivity contribution in [2.24, 2.45) is 11.8 Å². The third-order valence-corrected chi connectivity index (χ3v) is 4.80. The van der Waals surface area contributed by atoms with Gasteiger partial charge in [0.15, 0.2) is 0 Å². The van der Waals surface area contributed by atoms with Crippen molar-refractivity contribution < 1.29 is 9.90 Å². The number of aliphatic hydroxyl groups is 1. The van der Waals surface area contributed by atoms with Gasteiger partial charge in [0, 0.05) is 30.0 Å². The number of aliphatic hydroxyl groups excluding tert-OH is 1. The first kappa shape index (κ1) is 11.9. The van der Waals surface area contributed by atoms with E-state index in [1.54, 1.807) is 6.20 Å². The van der Waals surface area contributed by atoms with Crippen LogP contribution in [-0.4, -0.2) is 45.3 Å². The highest BCUT2D eigenvalue weighted by Gasteiger charge is 2.43. The molecule has 1 saturated heterocycles. The van der Waals surface area contributed by atoms with Crippen molar-refractivity contribution in [1.82, 2.24) is 15.1 Å². The van der Waals surface area contributed by atoms with Crippen molar-refractivity contribution in [2.45, 2.75) is 18.9 Å². The van der Waals surface area contributed by atoms with Crippen molar-refractivity contribution in [3.63, 3.8) is 0 Å². The van der Waals surface area contributed by atoms with Crippen LogP contribution in [0.1, 0.15) is 23.2 Å². The molecule has 0 spiro atoms. The molecule has 104 valence electrons. The van der Waals surface area contributed by atoms with Crippen LogP contribution >= 0.6 is 0 Å². The fourth-order valence-electron chi connectivity index (χ4n) is 3.66. The molecule has 1 amide bonds. The molecule has 1 aromatic heterocycles. The average Bonchev–Trinajstić information content (AvgIpc) is 3.14. The van der Waals surface area contributed by atoms with E-state index in [1.807, 2.05) is 23.1 Å². The quantitative estimate of drug-likeness (QED) is 0.824. The standard InChI is InChI=1S/C15H17N3O2/c19-14-4-3-11-7-18(8-12(11)14)15(20)9-1-2-10-6-16-17-13(10)5-9/h1-2,5-6,11-12,14,19H,3-4,7-8H2,(H,16,17). The molecule has 3 unspecified atom stereocenters. The summed E-state index contributed by atoms with van der Waals surface area (Å²) in [5.41, 5.74) is 1.58. The van der Waals surface area contributed by atoms with Crippen LogP contribution in [0.25, 0.3) is 10.9 Å². The summed E-state index contributed by atoms with van der Waals surface area (Å²) in [7, 11) is 0. The molecule has 5 heteroatoms. The Labute approximate surface area is 116 Å². The number of H-pyrrole nitrogens is 1. The average molecular weight is 271 g/mol. The molecule has 1 aliphatic heterocycles. The highest BCUT2D eigenvalue weighted by atomic mass is 16.3. The number of carbonyl (C=O) groups excluding carboxylic acids is 1. The minimum Gasteiger partial charge on any atom is -0.393 e. The zero-order valence-electron chi connectivity index (χ0n) is 11.1. The fourth-order valence-corrected chi connectivity index (χ4v) is 3.66. The number of rotatable bonds is 1. The molecule has 1 saturated carbocycles. The van der Waals surface area contributed by atoms with E-state index in [2.05, 4.69) is 10.2 Å². The third-order valence-electron chi connectivity index (χ3n) is 4.80. The SMILES string of the molecule is O=C(c1ccc2cn[nH]c2c1)N1CC2CCC(O)C2C1. The van der Waals surface area contributed by atoms with Crippen LogP contribution < -0.4 is 0 Å². The van der Waals surface area contributed by atoms with Gasteiger partial charge in [0.05, 0.1) is 17.8 Å². The van der Waals surface area contributed by atoms with E-state index in [1.165, 1.54) is 0 Å². The molecule has 4 rings (SSSR count). The number of hydrogen-bond acceptors (Lipinski definition) is 3. The number of nitrogens with one attached hydrogen (secondary N) is 1. The van der Waals surface area contributed by atoms with Crippen LogP contribution in [0.5, 0.6) is 0 Å². The van der Waals surface area contributed by atoms with E-state index in [4.69, 9.17) is 0 Å². The number of amides is 1. The number of nitrogens with zero attached hydrogens (tertiary/aromatic N) is 2. The normalized spacial score (nSPS) is 29.1. The van der Waals surface area contributed by atoms with Gasteiger partial charge < -0.3 is 10.0 Å². The summed E-state index contributed by atoms with van der Waals surface area (Å²) < 4.78 is 0. The van der Waals surface area contributed by atoms with Crippen LogP contribution in [0, 0.1) is 11.8 Å². The van der Waals surface area contributed by atoms with Crippen molar-refractivity contribution >= 4 is 16.8 Å². The molecule has 1 aliphatic carbocycles. The summed E-state index contributed by atoms with van der Waals surface area (Å²) >= 11 is 0. The summed E-state index contributed by atoms with van der Waals surface area (Å²) in [4.78, 5) is 14.4. The smallest absolute Gasteiger partial charge is 0.253 e. The molecule has 2 N–H and O–H groups in total. The van der Waals surface area contributed by atoms with Crippen LogP contribution in [-0.2, 0) is 0 Å². The van der Waals surface area contributed by atoms with E-state index in [0.717, 1.165) is 30.3 Å². The van der Waals surface area contributed by atoms with Crippen LogP contribution in [0.4, 0.5) is 0 Å². The molecule has 3 atom stereocenters. The Balaban J connectivity index is 1.58. The maximum atomic E-state index is 12.6. The highest BCUT2D eigenvalue weighted by molar-refractivity contribution is 5.97. The summed E-state index contributed by atoms with van der Waals surface area (Å²) in [5.74, 6) is 0.808. The first-order valence-corrected chi connectivity index (χ1v) is 7.13. The van der Waals surface area contributed by atoms with Crippen molar-refractivity contribution in [3.05, 3.63) is 30.0 Å². The summed E-state index contributed by atoms with van der Waals surface area (Å²) in [6.45, 7) is 1.47. The Morgan fingerprint density at radius 3 is 3.10 bits per heavy atom. The lowest BCUT2D eigenvalue weighted by Crippen LogP contribution is -2.31. The van der Waals surface area contributed by atoms with Gasteiger partial charge in [0.1, 0.15) is 0 Å². The van der Waals surface area contributed by atoms with Crippen molar-refractivity contribution in [1.29, 1.82) is 0 Å². The van der Waals surface area contributed by atoms with Gasteiger partial charge in [-0.1, -0.05) is 6.07 Å².